The van der Waals surface area contributed by atoms with Crippen LogP contribution in [-0.4, -0.2) is 24.3 Å². The molecule has 94 valence electrons. The minimum atomic E-state index is -1.11. The molecule has 6 nitrogen and oxygen atoms in total. The lowest BCUT2D eigenvalue weighted by molar-refractivity contribution is -0.147. The van der Waals surface area contributed by atoms with Gasteiger partial charge in [-0.3, -0.25) is 4.79 Å². The van der Waals surface area contributed by atoms with Crippen LogP contribution >= 0.6 is 0 Å². The quantitative estimate of drug-likeness (QED) is 0.452. The van der Waals surface area contributed by atoms with E-state index in [1.165, 1.54) is 6.07 Å². The third-order valence-electron chi connectivity index (χ3n) is 2.28. The van der Waals surface area contributed by atoms with Crippen molar-refractivity contribution in [2.45, 2.75) is 13.8 Å². The van der Waals surface area contributed by atoms with E-state index in [-0.39, 0.29) is 18.1 Å². The van der Waals surface area contributed by atoms with Crippen LogP contribution in [0.15, 0.2) is 22.1 Å². The number of rotatable bonds is 3. The molecule has 1 aromatic heterocycles. The topological polar surface area (TPSA) is 82.8 Å². The highest BCUT2D eigenvalue weighted by atomic mass is 16.6. The maximum absolute atomic E-state index is 11.6. The smallest absolute Gasteiger partial charge is 0.385 e. The lowest BCUT2D eigenvalue weighted by atomic mass is 10.1. The monoisotopic (exact) mass is 250 g/mol. The van der Waals surface area contributed by atoms with Crippen LogP contribution in [0.1, 0.15) is 18.4 Å². The Balaban J connectivity index is 2.48. The first-order valence-electron chi connectivity index (χ1n) is 5.29. The molecule has 0 unspecified atom stereocenters. The van der Waals surface area contributed by atoms with E-state index >= 15 is 0 Å². The molecule has 0 amide bonds. The minimum absolute atomic E-state index is 0.0915. The van der Waals surface area contributed by atoms with E-state index in [4.69, 9.17) is 13.9 Å². The number of esters is 2. The van der Waals surface area contributed by atoms with E-state index in [9.17, 15) is 14.4 Å². The lowest BCUT2D eigenvalue weighted by Crippen LogP contribution is -2.17. The van der Waals surface area contributed by atoms with E-state index in [2.05, 4.69) is 0 Å². The molecule has 0 spiro atoms. The largest absolute Gasteiger partial charge is 0.462 e. The van der Waals surface area contributed by atoms with Crippen LogP contribution in [0.2, 0.25) is 0 Å². The highest BCUT2D eigenvalue weighted by molar-refractivity contribution is 6.51. The number of Topliss-reactive ketones (excluding diaryl/α,β-unsaturated/α-hetero) is 1. The van der Waals surface area contributed by atoms with Crippen LogP contribution in [0, 0.1) is 6.92 Å². The van der Waals surface area contributed by atoms with Crippen molar-refractivity contribution in [2.75, 3.05) is 6.61 Å². The van der Waals surface area contributed by atoms with Crippen molar-refractivity contribution in [1.82, 2.24) is 0 Å². The SMILES string of the molecule is CCOC(=O)C1=C(c2ccc(C)o2)OC(=O)C1=O. The van der Waals surface area contributed by atoms with Gasteiger partial charge in [-0.15, -0.1) is 0 Å². The normalized spacial score (nSPS) is 15.0. The van der Waals surface area contributed by atoms with E-state index in [1.807, 2.05) is 0 Å². The highest BCUT2D eigenvalue weighted by Crippen LogP contribution is 2.29. The predicted octanol–water partition coefficient (Wildman–Crippen LogP) is 0.988. The molecule has 1 aliphatic heterocycles. The van der Waals surface area contributed by atoms with Crippen LogP contribution in [0.4, 0.5) is 0 Å². The molecule has 2 rings (SSSR count). The van der Waals surface area contributed by atoms with Gasteiger partial charge in [0.2, 0.25) is 0 Å². The number of carbonyl (C=O) groups is 3. The number of ketones is 1. The summed E-state index contributed by atoms with van der Waals surface area (Å²) >= 11 is 0. The molecule has 2 heterocycles. The fraction of sp³-hybridized carbons (Fsp3) is 0.250. The fourth-order valence-electron chi connectivity index (χ4n) is 1.51. The second kappa shape index (κ2) is 4.48. The molecule has 0 saturated heterocycles. The average molecular weight is 250 g/mol. The maximum Gasteiger partial charge on any atom is 0.385 e. The van der Waals surface area contributed by atoms with E-state index < -0.39 is 23.3 Å². The summed E-state index contributed by atoms with van der Waals surface area (Å²) in [6, 6.07) is 3.14. The molecule has 0 aliphatic carbocycles. The van der Waals surface area contributed by atoms with Gasteiger partial charge in [-0.1, -0.05) is 0 Å². The number of cyclic esters (lactones) is 1. The standard InChI is InChI=1S/C12H10O6/c1-3-16-11(14)8-9(13)12(15)18-10(8)7-5-4-6(2)17-7/h4-5H,3H2,1-2H3. The van der Waals surface area contributed by atoms with Crippen molar-refractivity contribution < 1.29 is 28.3 Å². The third-order valence-corrected chi connectivity index (χ3v) is 2.28. The molecule has 0 fully saturated rings. The van der Waals surface area contributed by atoms with Crippen LogP contribution in [0.3, 0.4) is 0 Å². The molecule has 0 N–H and O–H groups in total. The van der Waals surface area contributed by atoms with Crippen molar-refractivity contribution in [3.05, 3.63) is 29.2 Å². The van der Waals surface area contributed by atoms with Gasteiger partial charge in [0.25, 0.3) is 5.78 Å². The zero-order chi connectivity index (χ0) is 13.3. The molecule has 0 atom stereocenters. The number of hydrogen-bond donors (Lipinski definition) is 0. The average Bonchev–Trinajstić information content (AvgIpc) is 2.85. The summed E-state index contributed by atoms with van der Waals surface area (Å²) < 4.78 is 14.7. The van der Waals surface area contributed by atoms with Gasteiger partial charge in [-0.25, -0.2) is 9.59 Å². The van der Waals surface area contributed by atoms with Gasteiger partial charge < -0.3 is 13.9 Å². The molecular weight excluding hydrogens is 240 g/mol. The number of aryl methyl sites for hydroxylation is 1. The van der Waals surface area contributed by atoms with Gasteiger partial charge in [0.05, 0.1) is 6.61 Å². The van der Waals surface area contributed by atoms with Crippen molar-refractivity contribution in [1.29, 1.82) is 0 Å². The maximum atomic E-state index is 11.6. The van der Waals surface area contributed by atoms with E-state index in [0.717, 1.165) is 0 Å². The predicted molar refractivity (Wildman–Crippen MR) is 58.1 cm³/mol. The van der Waals surface area contributed by atoms with Crippen LogP contribution in [-0.2, 0) is 23.9 Å². The Hall–Kier alpha value is -2.37. The summed E-state index contributed by atoms with van der Waals surface area (Å²) in [5.74, 6) is -2.49. The summed E-state index contributed by atoms with van der Waals surface area (Å²) in [6.07, 6.45) is 0. The number of carbonyl (C=O) groups excluding carboxylic acids is 3. The summed E-state index contributed by atoms with van der Waals surface area (Å²) in [7, 11) is 0. The summed E-state index contributed by atoms with van der Waals surface area (Å²) in [6.45, 7) is 3.37. The molecule has 1 aromatic rings. The Morgan fingerprint density at radius 3 is 2.61 bits per heavy atom. The third kappa shape index (κ3) is 1.92. The zero-order valence-corrected chi connectivity index (χ0v) is 9.81. The molecule has 0 saturated carbocycles. The van der Waals surface area contributed by atoms with Gasteiger partial charge in [-0.2, -0.15) is 0 Å². The lowest BCUT2D eigenvalue weighted by Gasteiger charge is -2.01. The summed E-state index contributed by atoms with van der Waals surface area (Å²) in [5.41, 5.74) is -0.420. The summed E-state index contributed by atoms with van der Waals surface area (Å²) in [5, 5.41) is 0. The minimum Gasteiger partial charge on any atom is -0.462 e. The van der Waals surface area contributed by atoms with Crippen LogP contribution in [0.25, 0.3) is 5.76 Å². The molecule has 0 aromatic carbocycles. The summed E-state index contributed by atoms with van der Waals surface area (Å²) in [4.78, 5) is 34.4. The fourth-order valence-corrected chi connectivity index (χ4v) is 1.51. The van der Waals surface area contributed by atoms with Crippen LogP contribution < -0.4 is 0 Å². The molecule has 0 radical (unpaired) electrons. The van der Waals surface area contributed by atoms with Crippen LogP contribution in [0.5, 0.6) is 0 Å². The first-order chi connectivity index (χ1) is 8.54. The second-order valence-corrected chi connectivity index (χ2v) is 3.55. The number of hydrogen-bond acceptors (Lipinski definition) is 6. The van der Waals surface area contributed by atoms with Crippen molar-refractivity contribution in [3.8, 4) is 0 Å². The van der Waals surface area contributed by atoms with Crippen molar-refractivity contribution in [3.63, 3.8) is 0 Å². The Morgan fingerprint density at radius 2 is 2.06 bits per heavy atom. The Kier molecular flexibility index (Phi) is 3.01. The van der Waals surface area contributed by atoms with Gasteiger partial charge in [0.15, 0.2) is 17.1 Å². The van der Waals surface area contributed by atoms with Gasteiger partial charge >= 0.3 is 11.9 Å². The van der Waals surface area contributed by atoms with Gasteiger partial charge in [-0.05, 0) is 26.0 Å². The Morgan fingerprint density at radius 1 is 1.33 bits per heavy atom. The highest BCUT2D eigenvalue weighted by Gasteiger charge is 2.41. The van der Waals surface area contributed by atoms with Gasteiger partial charge in [0.1, 0.15) is 5.76 Å². The first-order valence-corrected chi connectivity index (χ1v) is 5.29. The molecule has 1 aliphatic rings. The molecule has 6 heteroatoms. The van der Waals surface area contributed by atoms with Crippen molar-refractivity contribution in [2.24, 2.45) is 0 Å². The second-order valence-electron chi connectivity index (χ2n) is 3.55. The Bertz CT molecular complexity index is 563. The number of ether oxygens (including phenoxy) is 2. The zero-order valence-electron chi connectivity index (χ0n) is 9.81. The number of furan rings is 1. The van der Waals surface area contributed by atoms with Gasteiger partial charge in [0, 0.05) is 0 Å². The van der Waals surface area contributed by atoms with E-state index in [0.29, 0.717) is 5.76 Å². The van der Waals surface area contributed by atoms with E-state index in [1.54, 1.807) is 19.9 Å². The molecule has 0 bridgehead atoms. The molecule has 18 heavy (non-hydrogen) atoms. The van der Waals surface area contributed by atoms with Crippen molar-refractivity contribution >= 4 is 23.5 Å². The molecular formula is C12H10O6. The first kappa shape index (κ1) is 12.1. The Labute approximate surface area is 102 Å².